The predicted octanol–water partition coefficient (Wildman–Crippen LogP) is 1.36. The van der Waals surface area contributed by atoms with Gasteiger partial charge in [0.2, 0.25) is 0 Å². The monoisotopic (exact) mass is 211 g/mol. The topological polar surface area (TPSA) is 49.9 Å². The Morgan fingerprint density at radius 1 is 1.53 bits per heavy atom. The molecule has 2 unspecified atom stereocenters. The van der Waals surface area contributed by atoms with E-state index in [1.807, 2.05) is 6.20 Å². The summed E-state index contributed by atoms with van der Waals surface area (Å²) in [7, 11) is 1.74. The Morgan fingerprint density at radius 3 is 2.93 bits per heavy atom. The molecule has 0 aliphatic heterocycles. The number of nitrogens with one attached hydrogen (secondary N) is 2. The predicted molar refractivity (Wildman–Crippen MR) is 60.8 cm³/mol. The Bertz CT molecular complexity index is 248. The minimum absolute atomic E-state index is 0.258. The van der Waals surface area contributed by atoms with Gasteiger partial charge in [-0.15, -0.1) is 0 Å². The van der Waals surface area contributed by atoms with Crippen LogP contribution in [0.3, 0.4) is 0 Å². The van der Waals surface area contributed by atoms with Gasteiger partial charge in [-0.25, -0.2) is 4.98 Å². The Labute approximate surface area is 91.4 Å². The molecule has 0 amide bonds. The van der Waals surface area contributed by atoms with E-state index < -0.39 is 0 Å². The average Bonchev–Trinajstić information content (AvgIpc) is 2.75. The Kier molecular flexibility index (Phi) is 5.36. The molecule has 0 saturated heterocycles. The summed E-state index contributed by atoms with van der Waals surface area (Å²) in [4.78, 5) is 7.27. The number of methoxy groups -OCH3 is 1. The molecule has 86 valence electrons. The lowest BCUT2D eigenvalue weighted by atomic mass is 10.2. The number of hydrogen-bond acceptors (Lipinski definition) is 3. The van der Waals surface area contributed by atoms with Crippen molar-refractivity contribution < 1.29 is 4.74 Å². The molecule has 2 atom stereocenters. The maximum Gasteiger partial charge on any atom is 0.106 e. The van der Waals surface area contributed by atoms with Gasteiger partial charge in [-0.2, -0.15) is 0 Å². The standard InChI is InChI=1S/C11H21N3O/c1-9(10(2)15-3)12-6-4-5-11-13-7-8-14-11/h7-10,12H,4-6H2,1-3H3,(H,13,14). The maximum atomic E-state index is 5.23. The molecular weight excluding hydrogens is 190 g/mol. The van der Waals surface area contributed by atoms with Crippen LogP contribution in [0.1, 0.15) is 26.1 Å². The zero-order valence-corrected chi connectivity index (χ0v) is 9.79. The van der Waals surface area contributed by atoms with Crippen molar-refractivity contribution in [3.63, 3.8) is 0 Å². The molecule has 0 radical (unpaired) electrons. The molecule has 0 aliphatic carbocycles. The molecule has 0 aromatic carbocycles. The first kappa shape index (κ1) is 12.2. The fraction of sp³-hybridized carbons (Fsp3) is 0.727. The number of rotatable bonds is 7. The largest absolute Gasteiger partial charge is 0.380 e. The first-order chi connectivity index (χ1) is 7.24. The number of imidazole rings is 1. The molecule has 0 aliphatic rings. The van der Waals surface area contributed by atoms with Gasteiger partial charge in [-0.05, 0) is 26.8 Å². The third-order valence-electron chi connectivity index (χ3n) is 2.69. The van der Waals surface area contributed by atoms with Crippen molar-refractivity contribution in [3.05, 3.63) is 18.2 Å². The maximum absolute atomic E-state index is 5.23. The zero-order valence-electron chi connectivity index (χ0n) is 9.79. The lowest BCUT2D eigenvalue weighted by Crippen LogP contribution is -2.37. The van der Waals surface area contributed by atoms with E-state index in [1.54, 1.807) is 13.3 Å². The second-order valence-corrected chi connectivity index (χ2v) is 3.82. The van der Waals surface area contributed by atoms with Gasteiger partial charge in [0.05, 0.1) is 6.10 Å². The van der Waals surface area contributed by atoms with E-state index in [2.05, 4.69) is 29.1 Å². The number of nitrogens with zero attached hydrogens (tertiary/aromatic N) is 1. The van der Waals surface area contributed by atoms with Gasteiger partial charge < -0.3 is 15.0 Å². The van der Waals surface area contributed by atoms with Gasteiger partial charge in [-0.1, -0.05) is 0 Å². The van der Waals surface area contributed by atoms with Crippen LogP contribution in [-0.2, 0) is 11.2 Å². The smallest absolute Gasteiger partial charge is 0.106 e. The second-order valence-electron chi connectivity index (χ2n) is 3.82. The molecule has 15 heavy (non-hydrogen) atoms. The molecule has 4 nitrogen and oxygen atoms in total. The number of aryl methyl sites for hydroxylation is 1. The van der Waals surface area contributed by atoms with Gasteiger partial charge >= 0.3 is 0 Å². The summed E-state index contributed by atoms with van der Waals surface area (Å²) in [6, 6.07) is 0.395. The summed E-state index contributed by atoms with van der Waals surface area (Å²) in [6.45, 7) is 5.21. The first-order valence-corrected chi connectivity index (χ1v) is 5.48. The number of hydrogen-bond donors (Lipinski definition) is 2. The van der Waals surface area contributed by atoms with E-state index in [9.17, 15) is 0 Å². The number of aromatic nitrogens is 2. The summed E-state index contributed by atoms with van der Waals surface area (Å²) in [5, 5.41) is 3.43. The van der Waals surface area contributed by atoms with Crippen molar-refractivity contribution in [3.8, 4) is 0 Å². The Balaban J connectivity index is 2.06. The molecule has 0 fully saturated rings. The molecule has 0 saturated carbocycles. The molecule has 2 N–H and O–H groups in total. The summed E-state index contributed by atoms with van der Waals surface area (Å²) < 4.78 is 5.23. The van der Waals surface area contributed by atoms with Gasteiger partial charge in [-0.3, -0.25) is 0 Å². The van der Waals surface area contributed by atoms with Crippen LogP contribution in [0.5, 0.6) is 0 Å². The number of H-pyrrole nitrogens is 1. The van der Waals surface area contributed by atoms with Gasteiger partial charge in [0.15, 0.2) is 0 Å². The van der Waals surface area contributed by atoms with E-state index in [0.29, 0.717) is 6.04 Å². The molecule has 0 bridgehead atoms. The summed E-state index contributed by atoms with van der Waals surface area (Å²) in [6.07, 6.45) is 5.99. The fourth-order valence-electron chi connectivity index (χ4n) is 1.39. The highest BCUT2D eigenvalue weighted by Crippen LogP contribution is 1.97. The second kappa shape index (κ2) is 6.58. The van der Waals surface area contributed by atoms with Crippen molar-refractivity contribution >= 4 is 0 Å². The van der Waals surface area contributed by atoms with Crippen molar-refractivity contribution in [2.45, 2.75) is 38.8 Å². The molecule has 1 heterocycles. The number of ether oxygens (including phenoxy) is 1. The first-order valence-electron chi connectivity index (χ1n) is 5.48. The van der Waals surface area contributed by atoms with E-state index in [4.69, 9.17) is 4.74 Å². The summed E-state index contributed by atoms with van der Waals surface area (Å²) in [5.74, 6) is 1.06. The van der Waals surface area contributed by atoms with Gasteiger partial charge in [0.1, 0.15) is 5.82 Å². The van der Waals surface area contributed by atoms with Crippen LogP contribution in [-0.4, -0.2) is 35.8 Å². The van der Waals surface area contributed by atoms with E-state index >= 15 is 0 Å². The Morgan fingerprint density at radius 2 is 2.33 bits per heavy atom. The SMILES string of the molecule is COC(C)C(C)NCCCc1ncc[nH]1. The van der Waals surface area contributed by atoms with Crippen molar-refractivity contribution in [2.75, 3.05) is 13.7 Å². The van der Waals surface area contributed by atoms with Crippen molar-refractivity contribution in [2.24, 2.45) is 0 Å². The molecule has 4 heteroatoms. The van der Waals surface area contributed by atoms with Crippen LogP contribution in [0.2, 0.25) is 0 Å². The molecule has 1 aromatic heterocycles. The van der Waals surface area contributed by atoms with Crippen LogP contribution in [0.4, 0.5) is 0 Å². The van der Waals surface area contributed by atoms with Crippen molar-refractivity contribution in [1.29, 1.82) is 0 Å². The highest BCUT2D eigenvalue weighted by Gasteiger charge is 2.09. The van der Waals surface area contributed by atoms with E-state index in [-0.39, 0.29) is 6.10 Å². The van der Waals surface area contributed by atoms with Crippen LogP contribution in [0, 0.1) is 0 Å². The van der Waals surface area contributed by atoms with Gasteiger partial charge in [0.25, 0.3) is 0 Å². The molecular formula is C11H21N3O. The van der Waals surface area contributed by atoms with Crippen LogP contribution in [0.25, 0.3) is 0 Å². The third-order valence-corrected chi connectivity index (χ3v) is 2.69. The highest BCUT2D eigenvalue weighted by molar-refractivity contribution is 4.86. The normalized spacial score (nSPS) is 15.1. The van der Waals surface area contributed by atoms with E-state index in [0.717, 1.165) is 25.2 Å². The van der Waals surface area contributed by atoms with Crippen LogP contribution < -0.4 is 5.32 Å². The lowest BCUT2D eigenvalue weighted by molar-refractivity contribution is 0.0888. The summed E-state index contributed by atoms with van der Waals surface area (Å²) >= 11 is 0. The third kappa shape index (κ3) is 4.44. The van der Waals surface area contributed by atoms with Gasteiger partial charge in [0, 0.05) is 32.0 Å². The minimum Gasteiger partial charge on any atom is -0.380 e. The molecule has 0 spiro atoms. The van der Waals surface area contributed by atoms with E-state index in [1.165, 1.54) is 0 Å². The summed E-state index contributed by atoms with van der Waals surface area (Å²) in [5.41, 5.74) is 0. The fourth-order valence-corrected chi connectivity index (χ4v) is 1.39. The average molecular weight is 211 g/mol. The zero-order chi connectivity index (χ0) is 11.1. The lowest BCUT2D eigenvalue weighted by Gasteiger charge is -2.19. The minimum atomic E-state index is 0.258. The van der Waals surface area contributed by atoms with Crippen LogP contribution >= 0.6 is 0 Å². The highest BCUT2D eigenvalue weighted by atomic mass is 16.5. The Hall–Kier alpha value is -0.870. The number of aromatic amines is 1. The molecule has 1 rings (SSSR count). The van der Waals surface area contributed by atoms with Crippen LogP contribution in [0.15, 0.2) is 12.4 Å². The van der Waals surface area contributed by atoms with Crippen molar-refractivity contribution in [1.82, 2.24) is 15.3 Å². The molecule has 1 aromatic rings. The quantitative estimate of drug-likeness (QED) is 0.669.